The Kier molecular flexibility index (Phi) is 7.18. The smallest absolute Gasteiger partial charge is 0.323 e. The number of hydrogen-bond donors (Lipinski definition) is 1. The van der Waals surface area contributed by atoms with Crippen LogP contribution in [0.4, 0.5) is 5.69 Å². The lowest BCUT2D eigenvalue weighted by Gasteiger charge is -2.22. The molecule has 0 fully saturated rings. The molecular formula is C20H20N2O5S. The van der Waals surface area contributed by atoms with E-state index in [0.29, 0.717) is 11.3 Å². The second-order valence-electron chi connectivity index (χ2n) is 5.75. The maximum Gasteiger partial charge on any atom is 0.323 e. The highest BCUT2D eigenvalue weighted by Crippen LogP contribution is 2.22. The summed E-state index contributed by atoms with van der Waals surface area (Å²) < 4.78 is 31.3. The zero-order valence-corrected chi connectivity index (χ0v) is 16.1. The van der Waals surface area contributed by atoms with Crippen molar-refractivity contribution >= 4 is 27.8 Å². The van der Waals surface area contributed by atoms with Crippen LogP contribution in [-0.4, -0.2) is 38.4 Å². The molecule has 0 aliphatic rings. The Morgan fingerprint density at radius 2 is 1.96 bits per heavy atom. The van der Waals surface area contributed by atoms with E-state index in [2.05, 4.69) is 0 Å². The van der Waals surface area contributed by atoms with Gasteiger partial charge in [0.05, 0.1) is 30.5 Å². The van der Waals surface area contributed by atoms with Gasteiger partial charge in [0, 0.05) is 0 Å². The van der Waals surface area contributed by atoms with E-state index in [0.717, 1.165) is 9.87 Å². The number of benzene rings is 2. The highest BCUT2D eigenvalue weighted by molar-refractivity contribution is 7.93. The Balaban J connectivity index is 2.28. The number of sulfonamides is 1. The van der Waals surface area contributed by atoms with Crippen LogP contribution in [0.3, 0.4) is 0 Å². The maximum atomic E-state index is 12.7. The average molecular weight is 400 g/mol. The minimum Gasteiger partial charge on any atom is -0.508 e. The van der Waals surface area contributed by atoms with Crippen molar-refractivity contribution in [3.8, 4) is 11.8 Å². The number of anilines is 1. The molecule has 0 heterocycles. The molecule has 0 aliphatic carbocycles. The van der Waals surface area contributed by atoms with Crippen molar-refractivity contribution in [1.82, 2.24) is 0 Å². The minimum absolute atomic E-state index is 0.00430. The molecule has 28 heavy (non-hydrogen) atoms. The van der Waals surface area contributed by atoms with E-state index in [9.17, 15) is 18.3 Å². The second kappa shape index (κ2) is 9.58. The Morgan fingerprint density at radius 1 is 1.25 bits per heavy atom. The standard InChI is InChI=1S/C20H20N2O5S/c1-2-27-20(24)15-28(25,26)22(18-8-10-19(23)11-9-18)12-4-7-16-5-3-6-17(13-16)14-21/h3-11,13,23H,2,12,15H2,1H3/b7-4+. The van der Waals surface area contributed by atoms with E-state index < -0.39 is 21.7 Å². The Bertz CT molecular complexity index is 992. The molecule has 0 bridgehead atoms. The summed E-state index contributed by atoms with van der Waals surface area (Å²) in [6.45, 7) is 1.65. The Labute approximate surface area is 164 Å². The van der Waals surface area contributed by atoms with E-state index in [-0.39, 0.29) is 18.9 Å². The summed E-state index contributed by atoms with van der Waals surface area (Å²) in [5.41, 5.74) is 1.54. The lowest BCUT2D eigenvalue weighted by molar-refractivity contribution is -0.139. The van der Waals surface area contributed by atoms with Crippen molar-refractivity contribution < 1.29 is 23.1 Å². The number of ether oxygens (including phenoxy) is 1. The van der Waals surface area contributed by atoms with Gasteiger partial charge in [-0.05, 0) is 48.9 Å². The summed E-state index contributed by atoms with van der Waals surface area (Å²) in [5, 5.41) is 18.4. The van der Waals surface area contributed by atoms with Gasteiger partial charge in [-0.3, -0.25) is 9.10 Å². The molecule has 2 rings (SSSR count). The fourth-order valence-electron chi connectivity index (χ4n) is 2.42. The van der Waals surface area contributed by atoms with E-state index >= 15 is 0 Å². The number of phenolic OH excluding ortho intramolecular Hbond substituents is 1. The third kappa shape index (κ3) is 5.86. The van der Waals surface area contributed by atoms with Crippen molar-refractivity contribution in [2.75, 3.05) is 23.2 Å². The molecule has 0 saturated carbocycles. The first-order valence-electron chi connectivity index (χ1n) is 8.47. The second-order valence-corrected chi connectivity index (χ2v) is 7.64. The van der Waals surface area contributed by atoms with Gasteiger partial charge in [-0.15, -0.1) is 0 Å². The fourth-order valence-corrected chi connectivity index (χ4v) is 3.72. The number of aromatic hydroxyl groups is 1. The Morgan fingerprint density at radius 3 is 2.61 bits per heavy atom. The average Bonchev–Trinajstić information content (AvgIpc) is 2.66. The quantitative estimate of drug-likeness (QED) is 0.683. The fraction of sp³-hybridized carbons (Fsp3) is 0.200. The molecule has 0 saturated heterocycles. The number of hydrogen-bond acceptors (Lipinski definition) is 6. The van der Waals surface area contributed by atoms with E-state index in [1.807, 2.05) is 6.07 Å². The van der Waals surface area contributed by atoms with Crippen LogP contribution in [0, 0.1) is 11.3 Å². The molecule has 0 spiro atoms. The SMILES string of the molecule is CCOC(=O)CS(=O)(=O)N(C/C=C/c1cccc(C#N)c1)c1ccc(O)cc1. The highest BCUT2D eigenvalue weighted by atomic mass is 32.2. The summed E-state index contributed by atoms with van der Waals surface area (Å²) in [5.74, 6) is -1.63. The number of carbonyl (C=O) groups is 1. The minimum atomic E-state index is -4.00. The van der Waals surface area contributed by atoms with Gasteiger partial charge in [0.15, 0.2) is 5.75 Å². The summed E-state index contributed by atoms with van der Waals surface area (Å²) in [6.07, 6.45) is 3.31. The van der Waals surface area contributed by atoms with E-state index in [1.54, 1.807) is 43.3 Å². The van der Waals surface area contributed by atoms with Crippen LogP contribution < -0.4 is 4.31 Å². The third-order valence-corrected chi connectivity index (χ3v) is 5.31. The van der Waals surface area contributed by atoms with Crippen molar-refractivity contribution in [3.05, 3.63) is 65.7 Å². The van der Waals surface area contributed by atoms with Crippen molar-refractivity contribution in [2.24, 2.45) is 0 Å². The number of rotatable bonds is 8. The van der Waals surface area contributed by atoms with Crippen molar-refractivity contribution in [1.29, 1.82) is 5.26 Å². The monoisotopic (exact) mass is 400 g/mol. The van der Waals surface area contributed by atoms with Crippen molar-refractivity contribution in [3.63, 3.8) is 0 Å². The van der Waals surface area contributed by atoms with Gasteiger partial charge >= 0.3 is 5.97 Å². The predicted octanol–water partition coefficient (Wildman–Crippen LogP) is 2.68. The molecule has 0 amide bonds. The van der Waals surface area contributed by atoms with Crippen LogP contribution in [-0.2, 0) is 19.6 Å². The van der Waals surface area contributed by atoms with Crippen molar-refractivity contribution in [2.45, 2.75) is 6.92 Å². The third-order valence-electron chi connectivity index (χ3n) is 3.68. The molecule has 0 aliphatic heterocycles. The normalized spacial score (nSPS) is 11.1. The van der Waals surface area contributed by atoms with E-state index in [1.165, 1.54) is 24.3 Å². The van der Waals surface area contributed by atoms with Crippen LogP contribution in [0.15, 0.2) is 54.6 Å². The molecule has 1 N–H and O–H groups in total. The molecular weight excluding hydrogens is 380 g/mol. The first-order valence-corrected chi connectivity index (χ1v) is 10.1. The number of nitriles is 1. The van der Waals surface area contributed by atoms with Gasteiger partial charge in [-0.1, -0.05) is 24.3 Å². The van der Waals surface area contributed by atoms with Crippen LogP contribution >= 0.6 is 0 Å². The van der Waals surface area contributed by atoms with Crippen LogP contribution in [0.25, 0.3) is 6.08 Å². The highest BCUT2D eigenvalue weighted by Gasteiger charge is 2.25. The van der Waals surface area contributed by atoms with Gasteiger partial charge in [0.2, 0.25) is 10.0 Å². The molecule has 7 nitrogen and oxygen atoms in total. The molecule has 0 atom stereocenters. The topological polar surface area (TPSA) is 108 Å². The van der Waals surface area contributed by atoms with E-state index in [4.69, 9.17) is 10.00 Å². The first kappa shape index (κ1) is 21.0. The van der Waals surface area contributed by atoms with Gasteiger partial charge in [-0.2, -0.15) is 5.26 Å². The lowest BCUT2D eigenvalue weighted by Crippen LogP contribution is -2.36. The number of carbonyl (C=O) groups excluding carboxylic acids is 1. The van der Waals surface area contributed by atoms with Crippen LogP contribution in [0.1, 0.15) is 18.1 Å². The summed E-state index contributed by atoms with van der Waals surface area (Å²) in [7, 11) is -4.00. The molecule has 0 aromatic heterocycles. The van der Waals surface area contributed by atoms with Gasteiger partial charge < -0.3 is 9.84 Å². The Hall–Kier alpha value is -3.31. The zero-order valence-electron chi connectivity index (χ0n) is 15.3. The summed E-state index contributed by atoms with van der Waals surface area (Å²) in [6, 6.07) is 14.5. The van der Waals surface area contributed by atoms with Gasteiger partial charge in [0.25, 0.3) is 0 Å². The van der Waals surface area contributed by atoms with Crippen LogP contribution in [0.2, 0.25) is 0 Å². The van der Waals surface area contributed by atoms with Crippen LogP contribution in [0.5, 0.6) is 5.75 Å². The largest absolute Gasteiger partial charge is 0.508 e. The molecule has 8 heteroatoms. The molecule has 0 unspecified atom stereocenters. The molecule has 0 radical (unpaired) electrons. The lowest BCUT2D eigenvalue weighted by atomic mass is 10.1. The number of esters is 1. The predicted molar refractivity (Wildman–Crippen MR) is 106 cm³/mol. The number of nitrogens with zero attached hydrogens (tertiary/aromatic N) is 2. The van der Waals surface area contributed by atoms with Gasteiger partial charge in [-0.25, -0.2) is 8.42 Å². The maximum absolute atomic E-state index is 12.7. The number of phenols is 1. The summed E-state index contributed by atoms with van der Waals surface area (Å²) >= 11 is 0. The first-order chi connectivity index (χ1) is 13.4. The molecule has 2 aromatic rings. The zero-order chi connectivity index (χ0) is 20.6. The molecule has 2 aromatic carbocycles. The summed E-state index contributed by atoms with van der Waals surface area (Å²) in [4.78, 5) is 11.7. The molecule has 146 valence electrons. The van der Waals surface area contributed by atoms with Gasteiger partial charge in [0.1, 0.15) is 5.75 Å².